The number of hydrogen-bond acceptors (Lipinski definition) is 2. The first-order chi connectivity index (χ1) is 8.24. The van der Waals surface area contributed by atoms with Gasteiger partial charge in [-0.15, -0.1) is 11.3 Å². The zero-order valence-corrected chi connectivity index (χ0v) is 12.5. The lowest BCUT2D eigenvalue weighted by atomic mass is 9.99. The lowest BCUT2D eigenvalue weighted by molar-refractivity contribution is 0.728. The number of nitrogens with zero attached hydrogens (tertiary/aromatic N) is 1. The first kappa shape index (κ1) is 12.8. The second kappa shape index (κ2) is 5.78. The van der Waals surface area contributed by atoms with Gasteiger partial charge in [-0.2, -0.15) is 0 Å². The van der Waals surface area contributed by atoms with Crippen molar-refractivity contribution in [3.05, 3.63) is 52.0 Å². The van der Waals surface area contributed by atoms with Crippen molar-refractivity contribution in [2.24, 2.45) is 0 Å². The van der Waals surface area contributed by atoms with Crippen molar-refractivity contribution in [1.29, 1.82) is 0 Å². The predicted octanol–water partition coefficient (Wildman–Crippen LogP) is 4.95. The molecule has 0 saturated heterocycles. The Morgan fingerprint density at radius 1 is 1.35 bits per heavy atom. The van der Waals surface area contributed by atoms with Crippen molar-refractivity contribution in [2.45, 2.75) is 31.0 Å². The fraction of sp³-hybridized carbons (Fsp3) is 0.357. The second-order valence-electron chi connectivity index (χ2n) is 4.11. The third-order valence-electron chi connectivity index (χ3n) is 3.01. The van der Waals surface area contributed by atoms with Crippen LogP contribution in [0.15, 0.2) is 35.8 Å². The summed E-state index contributed by atoms with van der Waals surface area (Å²) in [6, 6.07) is 8.33. The van der Waals surface area contributed by atoms with Gasteiger partial charge in [-0.25, -0.2) is 0 Å². The number of rotatable bonds is 4. The van der Waals surface area contributed by atoms with E-state index in [-0.39, 0.29) is 0 Å². The molecule has 0 amide bonds. The average Bonchev–Trinajstić information content (AvgIpc) is 2.86. The largest absolute Gasteiger partial charge is 0.261 e. The Morgan fingerprint density at radius 3 is 2.82 bits per heavy atom. The average molecular weight is 310 g/mol. The molecule has 0 N–H and O–H groups in total. The quantitative estimate of drug-likeness (QED) is 0.729. The topological polar surface area (TPSA) is 12.9 Å². The highest BCUT2D eigenvalue weighted by Crippen LogP contribution is 2.41. The van der Waals surface area contributed by atoms with E-state index < -0.39 is 0 Å². The van der Waals surface area contributed by atoms with E-state index >= 15 is 0 Å². The van der Waals surface area contributed by atoms with Crippen molar-refractivity contribution in [3.63, 3.8) is 0 Å². The highest BCUT2D eigenvalue weighted by molar-refractivity contribution is 9.09. The minimum atomic E-state index is 0.354. The Morgan fingerprint density at radius 2 is 2.18 bits per heavy atom. The van der Waals surface area contributed by atoms with Crippen LogP contribution in [-0.2, 0) is 6.42 Å². The SMILES string of the molecule is CCc1ccsc1C(Br)C(C)c1ccccn1. The number of aromatic nitrogens is 1. The van der Waals surface area contributed by atoms with Crippen LogP contribution in [0.2, 0.25) is 0 Å². The van der Waals surface area contributed by atoms with Crippen LogP contribution in [-0.4, -0.2) is 4.98 Å². The first-order valence-electron chi connectivity index (χ1n) is 5.85. The molecule has 2 atom stereocenters. The molecule has 0 aromatic carbocycles. The van der Waals surface area contributed by atoms with Crippen LogP contribution >= 0.6 is 27.3 Å². The Balaban J connectivity index is 2.23. The molecular weight excluding hydrogens is 294 g/mol. The minimum absolute atomic E-state index is 0.354. The maximum absolute atomic E-state index is 4.44. The maximum Gasteiger partial charge on any atom is 0.0572 e. The molecule has 2 heterocycles. The van der Waals surface area contributed by atoms with Crippen LogP contribution in [0.4, 0.5) is 0 Å². The van der Waals surface area contributed by atoms with E-state index in [0.717, 1.165) is 12.1 Å². The summed E-state index contributed by atoms with van der Waals surface area (Å²) >= 11 is 5.66. The summed E-state index contributed by atoms with van der Waals surface area (Å²) in [6.07, 6.45) is 2.95. The van der Waals surface area contributed by atoms with Gasteiger partial charge in [-0.05, 0) is 35.6 Å². The minimum Gasteiger partial charge on any atom is -0.261 e. The molecule has 0 saturated carbocycles. The molecular formula is C14H16BrNS. The van der Waals surface area contributed by atoms with Crippen LogP contribution in [0.25, 0.3) is 0 Å². The van der Waals surface area contributed by atoms with Crippen LogP contribution in [0, 0.1) is 0 Å². The van der Waals surface area contributed by atoms with Gasteiger partial charge in [-0.1, -0.05) is 35.8 Å². The highest BCUT2D eigenvalue weighted by Gasteiger charge is 2.21. The Bertz CT molecular complexity index is 466. The number of hydrogen-bond donors (Lipinski definition) is 0. The fourth-order valence-electron chi connectivity index (χ4n) is 1.90. The molecule has 0 aliphatic carbocycles. The van der Waals surface area contributed by atoms with Gasteiger partial charge in [0.2, 0.25) is 0 Å². The molecule has 0 spiro atoms. The van der Waals surface area contributed by atoms with Gasteiger partial charge in [0, 0.05) is 22.7 Å². The van der Waals surface area contributed by atoms with E-state index in [2.05, 4.69) is 52.3 Å². The summed E-state index contributed by atoms with van der Waals surface area (Å²) in [5, 5.41) is 2.17. The monoisotopic (exact) mass is 309 g/mol. The second-order valence-corrected chi connectivity index (χ2v) is 6.04. The molecule has 90 valence electrons. The van der Waals surface area contributed by atoms with Crippen molar-refractivity contribution in [1.82, 2.24) is 4.98 Å². The third kappa shape index (κ3) is 2.78. The van der Waals surface area contributed by atoms with Crippen LogP contribution in [0.3, 0.4) is 0 Å². The fourth-order valence-corrected chi connectivity index (χ4v) is 3.87. The smallest absolute Gasteiger partial charge is 0.0572 e. The first-order valence-corrected chi connectivity index (χ1v) is 7.64. The van der Waals surface area contributed by atoms with Gasteiger partial charge in [0.1, 0.15) is 0 Å². The van der Waals surface area contributed by atoms with E-state index in [9.17, 15) is 0 Å². The van der Waals surface area contributed by atoms with E-state index in [4.69, 9.17) is 0 Å². The number of halogens is 1. The molecule has 0 aliphatic heterocycles. The summed E-state index contributed by atoms with van der Waals surface area (Å²) in [6.45, 7) is 4.43. The molecule has 0 bridgehead atoms. The summed E-state index contributed by atoms with van der Waals surface area (Å²) in [7, 11) is 0. The van der Waals surface area contributed by atoms with Crippen molar-refractivity contribution in [2.75, 3.05) is 0 Å². The van der Waals surface area contributed by atoms with Crippen molar-refractivity contribution < 1.29 is 0 Å². The molecule has 0 fully saturated rings. The molecule has 1 nitrogen and oxygen atoms in total. The van der Waals surface area contributed by atoms with Gasteiger partial charge in [0.15, 0.2) is 0 Å². The molecule has 0 radical (unpaired) electrons. The van der Waals surface area contributed by atoms with E-state index in [1.165, 1.54) is 10.4 Å². The predicted molar refractivity (Wildman–Crippen MR) is 78.0 cm³/mol. The van der Waals surface area contributed by atoms with Crippen molar-refractivity contribution in [3.8, 4) is 0 Å². The zero-order chi connectivity index (χ0) is 12.3. The van der Waals surface area contributed by atoms with Gasteiger partial charge < -0.3 is 0 Å². The lowest BCUT2D eigenvalue weighted by Gasteiger charge is -2.18. The van der Waals surface area contributed by atoms with Crippen molar-refractivity contribution >= 4 is 27.3 Å². The van der Waals surface area contributed by atoms with E-state index in [1.54, 1.807) is 0 Å². The standard InChI is InChI=1S/C14H16BrNS/c1-3-11-7-9-17-14(11)13(15)10(2)12-6-4-5-8-16-12/h4-10,13H,3H2,1-2H3. The number of aryl methyl sites for hydroxylation is 1. The molecule has 3 heteroatoms. The molecule has 17 heavy (non-hydrogen) atoms. The summed E-state index contributed by atoms with van der Waals surface area (Å²) in [5.41, 5.74) is 2.59. The Hall–Kier alpha value is -0.670. The lowest BCUT2D eigenvalue weighted by Crippen LogP contribution is -2.04. The number of pyridine rings is 1. The molecule has 2 rings (SSSR count). The maximum atomic E-state index is 4.44. The third-order valence-corrected chi connectivity index (χ3v) is 5.60. The van der Waals surface area contributed by atoms with Gasteiger partial charge in [-0.3, -0.25) is 4.98 Å². The molecule has 0 aliphatic rings. The van der Waals surface area contributed by atoms with Crippen LogP contribution in [0.1, 0.15) is 40.7 Å². The normalized spacial score (nSPS) is 14.5. The van der Waals surface area contributed by atoms with Gasteiger partial charge in [0.05, 0.1) is 4.83 Å². The molecule has 2 aromatic heterocycles. The number of alkyl halides is 1. The van der Waals surface area contributed by atoms with E-state index in [0.29, 0.717) is 10.7 Å². The Kier molecular flexibility index (Phi) is 4.35. The zero-order valence-electron chi connectivity index (χ0n) is 10.1. The molecule has 2 aromatic rings. The highest BCUT2D eigenvalue weighted by atomic mass is 79.9. The summed E-state index contributed by atoms with van der Waals surface area (Å²) in [5.74, 6) is 0.389. The van der Waals surface area contributed by atoms with E-state index in [1.807, 2.05) is 29.7 Å². The van der Waals surface area contributed by atoms with Gasteiger partial charge >= 0.3 is 0 Å². The Labute approximate surface area is 115 Å². The summed E-state index contributed by atoms with van der Waals surface area (Å²) < 4.78 is 0. The van der Waals surface area contributed by atoms with Crippen LogP contribution < -0.4 is 0 Å². The molecule has 2 unspecified atom stereocenters. The number of thiophene rings is 1. The summed E-state index contributed by atoms with van der Waals surface area (Å²) in [4.78, 5) is 6.23. The van der Waals surface area contributed by atoms with Crippen LogP contribution in [0.5, 0.6) is 0 Å². The van der Waals surface area contributed by atoms with Gasteiger partial charge in [0.25, 0.3) is 0 Å².